The molecule has 0 saturated heterocycles. The normalized spacial score (nSPS) is 15.9. The highest BCUT2D eigenvalue weighted by atomic mass is 15.0. The number of hydrogen-bond donors (Lipinski definition) is 1. The van der Waals surface area contributed by atoms with Crippen molar-refractivity contribution in [1.29, 1.82) is 0 Å². The number of nitrogens with one attached hydrogen (secondary N) is 1. The van der Waals surface area contributed by atoms with E-state index in [1.165, 1.54) is 24.1 Å². The SMILES string of the molecule is C=C(C)C(=C)/C=C\C(C)=C(/C)NC(C)(CC)CCC. The zero-order valence-corrected chi connectivity index (χ0v) is 13.7. The Morgan fingerprint density at radius 1 is 1.11 bits per heavy atom. The third-order valence-electron chi connectivity index (χ3n) is 3.75. The molecule has 0 radical (unpaired) electrons. The van der Waals surface area contributed by atoms with Gasteiger partial charge in [0.05, 0.1) is 0 Å². The Labute approximate surface area is 120 Å². The van der Waals surface area contributed by atoms with Gasteiger partial charge in [-0.25, -0.2) is 0 Å². The third-order valence-corrected chi connectivity index (χ3v) is 3.75. The van der Waals surface area contributed by atoms with Crippen LogP contribution in [0.25, 0.3) is 0 Å². The molecule has 0 saturated carbocycles. The van der Waals surface area contributed by atoms with Crippen LogP contribution in [-0.2, 0) is 0 Å². The summed E-state index contributed by atoms with van der Waals surface area (Å²) in [7, 11) is 0. The van der Waals surface area contributed by atoms with Gasteiger partial charge in [0.2, 0.25) is 0 Å². The predicted octanol–water partition coefficient (Wildman–Crippen LogP) is 5.53. The largest absolute Gasteiger partial charge is 0.383 e. The molecule has 1 heteroatoms. The van der Waals surface area contributed by atoms with Gasteiger partial charge in [-0.2, -0.15) is 0 Å². The second-order valence-electron chi connectivity index (χ2n) is 5.74. The van der Waals surface area contributed by atoms with Crippen LogP contribution in [0.1, 0.15) is 60.8 Å². The van der Waals surface area contributed by atoms with E-state index in [9.17, 15) is 0 Å². The van der Waals surface area contributed by atoms with Gasteiger partial charge in [-0.1, -0.05) is 51.2 Å². The molecule has 108 valence electrons. The molecule has 0 aliphatic carbocycles. The van der Waals surface area contributed by atoms with Crippen molar-refractivity contribution in [2.24, 2.45) is 0 Å². The van der Waals surface area contributed by atoms with Gasteiger partial charge in [-0.05, 0) is 51.7 Å². The fourth-order valence-corrected chi connectivity index (χ4v) is 1.92. The Hall–Kier alpha value is -1.24. The maximum atomic E-state index is 3.98. The Kier molecular flexibility index (Phi) is 7.51. The fraction of sp³-hybridized carbons (Fsp3) is 0.556. The van der Waals surface area contributed by atoms with E-state index >= 15 is 0 Å². The van der Waals surface area contributed by atoms with Crippen molar-refractivity contribution in [2.75, 3.05) is 0 Å². The van der Waals surface area contributed by atoms with Gasteiger partial charge >= 0.3 is 0 Å². The van der Waals surface area contributed by atoms with Crippen LogP contribution < -0.4 is 5.32 Å². The summed E-state index contributed by atoms with van der Waals surface area (Å²) in [6.45, 7) is 20.9. The smallest absolute Gasteiger partial charge is 0.0340 e. The van der Waals surface area contributed by atoms with Gasteiger partial charge in [0.1, 0.15) is 0 Å². The molecule has 0 aliphatic heterocycles. The van der Waals surface area contributed by atoms with E-state index in [4.69, 9.17) is 0 Å². The topological polar surface area (TPSA) is 12.0 Å². The highest BCUT2D eigenvalue weighted by Crippen LogP contribution is 2.19. The number of allylic oxidation sites excluding steroid dienone is 6. The molecule has 0 fully saturated rings. The molecule has 0 heterocycles. The van der Waals surface area contributed by atoms with E-state index in [-0.39, 0.29) is 5.54 Å². The summed E-state index contributed by atoms with van der Waals surface area (Å²) in [6, 6.07) is 0. The van der Waals surface area contributed by atoms with E-state index < -0.39 is 0 Å². The van der Waals surface area contributed by atoms with Gasteiger partial charge in [-0.3, -0.25) is 0 Å². The quantitative estimate of drug-likeness (QED) is 0.567. The molecular formula is C18H31N. The van der Waals surface area contributed by atoms with Crippen molar-refractivity contribution in [2.45, 2.75) is 66.3 Å². The molecule has 0 aromatic carbocycles. The van der Waals surface area contributed by atoms with E-state index in [1.54, 1.807) is 0 Å². The van der Waals surface area contributed by atoms with Crippen molar-refractivity contribution < 1.29 is 0 Å². The van der Waals surface area contributed by atoms with Gasteiger partial charge < -0.3 is 5.32 Å². The molecule has 1 atom stereocenters. The molecule has 0 bridgehead atoms. The second-order valence-corrected chi connectivity index (χ2v) is 5.74. The first-order chi connectivity index (χ1) is 8.75. The van der Waals surface area contributed by atoms with Gasteiger partial charge in [0, 0.05) is 11.2 Å². The van der Waals surface area contributed by atoms with E-state index in [1.807, 2.05) is 13.0 Å². The second kappa shape index (κ2) is 8.04. The zero-order valence-electron chi connectivity index (χ0n) is 13.7. The minimum Gasteiger partial charge on any atom is -0.383 e. The molecule has 19 heavy (non-hydrogen) atoms. The lowest BCUT2D eigenvalue weighted by Crippen LogP contribution is -2.40. The standard InChI is InChI=1S/C18H31N/c1-9-13-18(8,10-2)19-17(7)16(6)12-11-15(5)14(3)4/h11-12,19H,3,5,9-10,13H2,1-2,4,6-8H3/b12-11-,17-16+. The minimum atomic E-state index is 0.194. The number of rotatable bonds is 8. The third kappa shape index (κ3) is 6.47. The van der Waals surface area contributed by atoms with Crippen LogP contribution in [0.2, 0.25) is 0 Å². The van der Waals surface area contributed by atoms with Crippen molar-refractivity contribution in [3.63, 3.8) is 0 Å². The number of hydrogen-bond acceptors (Lipinski definition) is 1. The maximum absolute atomic E-state index is 3.98. The summed E-state index contributed by atoms with van der Waals surface area (Å²) < 4.78 is 0. The molecule has 0 amide bonds. The summed E-state index contributed by atoms with van der Waals surface area (Å²) in [5, 5.41) is 3.67. The van der Waals surface area contributed by atoms with E-state index in [2.05, 4.69) is 59.2 Å². The average Bonchev–Trinajstić information content (AvgIpc) is 2.35. The molecule has 0 aliphatic rings. The van der Waals surface area contributed by atoms with Crippen LogP contribution in [0.5, 0.6) is 0 Å². The molecule has 1 nitrogen and oxygen atoms in total. The molecule has 1 N–H and O–H groups in total. The first-order valence-corrected chi connectivity index (χ1v) is 7.24. The molecule has 0 spiro atoms. The van der Waals surface area contributed by atoms with Crippen molar-refractivity contribution in [1.82, 2.24) is 5.32 Å². The monoisotopic (exact) mass is 261 g/mol. The Balaban J connectivity index is 4.85. The Morgan fingerprint density at radius 2 is 1.68 bits per heavy atom. The van der Waals surface area contributed by atoms with Crippen LogP contribution >= 0.6 is 0 Å². The lowest BCUT2D eigenvalue weighted by molar-refractivity contribution is 0.344. The average molecular weight is 261 g/mol. The molecule has 0 rings (SSSR count). The van der Waals surface area contributed by atoms with Crippen molar-refractivity contribution in [3.8, 4) is 0 Å². The Bertz CT molecular complexity index is 384. The first-order valence-electron chi connectivity index (χ1n) is 7.24. The molecule has 0 aromatic heterocycles. The highest BCUT2D eigenvalue weighted by molar-refractivity contribution is 5.37. The van der Waals surface area contributed by atoms with Crippen LogP contribution in [0.3, 0.4) is 0 Å². The predicted molar refractivity (Wildman–Crippen MR) is 88.2 cm³/mol. The Morgan fingerprint density at radius 3 is 2.11 bits per heavy atom. The zero-order chi connectivity index (χ0) is 15.1. The van der Waals surface area contributed by atoms with Crippen LogP contribution in [-0.4, -0.2) is 5.54 Å². The summed E-state index contributed by atoms with van der Waals surface area (Å²) >= 11 is 0. The lowest BCUT2D eigenvalue weighted by Gasteiger charge is -2.31. The highest BCUT2D eigenvalue weighted by Gasteiger charge is 2.20. The summed E-state index contributed by atoms with van der Waals surface area (Å²) in [5.41, 5.74) is 4.68. The van der Waals surface area contributed by atoms with Crippen LogP contribution in [0, 0.1) is 0 Å². The fourth-order valence-electron chi connectivity index (χ4n) is 1.92. The van der Waals surface area contributed by atoms with Crippen LogP contribution in [0.4, 0.5) is 0 Å². The first kappa shape index (κ1) is 17.8. The molecule has 1 unspecified atom stereocenters. The van der Waals surface area contributed by atoms with Gasteiger partial charge in [-0.15, -0.1) is 0 Å². The van der Waals surface area contributed by atoms with E-state index in [0.717, 1.165) is 17.6 Å². The van der Waals surface area contributed by atoms with Gasteiger partial charge in [0.15, 0.2) is 0 Å². The minimum absolute atomic E-state index is 0.194. The maximum Gasteiger partial charge on any atom is 0.0340 e. The van der Waals surface area contributed by atoms with Crippen LogP contribution in [0.15, 0.2) is 47.7 Å². The molecular weight excluding hydrogens is 230 g/mol. The summed E-state index contributed by atoms with van der Waals surface area (Å²) in [4.78, 5) is 0. The molecule has 0 aromatic rings. The van der Waals surface area contributed by atoms with E-state index in [0.29, 0.717) is 0 Å². The van der Waals surface area contributed by atoms with Crippen molar-refractivity contribution >= 4 is 0 Å². The summed E-state index contributed by atoms with van der Waals surface area (Å²) in [6.07, 6.45) is 7.67. The summed E-state index contributed by atoms with van der Waals surface area (Å²) in [5.74, 6) is 0. The lowest BCUT2D eigenvalue weighted by atomic mass is 9.92. The van der Waals surface area contributed by atoms with Crippen molar-refractivity contribution in [3.05, 3.63) is 47.7 Å². The van der Waals surface area contributed by atoms with Gasteiger partial charge in [0.25, 0.3) is 0 Å².